The van der Waals surface area contributed by atoms with Gasteiger partial charge in [0.25, 0.3) is 0 Å². The van der Waals surface area contributed by atoms with Gasteiger partial charge in [-0.15, -0.1) is 0 Å². The molecule has 8 nitrogen and oxygen atoms in total. The fourth-order valence-corrected chi connectivity index (χ4v) is 3.21. The third kappa shape index (κ3) is 4.53. The maximum atomic E-state index is 12.4. The quantitative estimate of drug-likeness (QED) is 0.499. The summed E-state index contributed by atoms with van der Waals surface area (Å²) < 4.78 is 5.32. The Balaban J connectivity index is 1.57. The standard InChI is InChI=1S/C18H28N6O2/c1-12-10-16(20-8-3-7-19)24(2)17(21-12)23-18(25)22-14-4-5-15-13(11-14)6-9-26-15/h4-6,9,11-12,16-17,20-21H,3,7-8,10,19H2,1-2H3,(H2,22,23,25). The molecule has 2 aromatic rings. The normalized spacial score (nSPS) is 23.9. The number of hydrogen-bond acceptors (Lipinski definition) is 6. The lowest BCUT2D eigenvalue weighted by molar-refractivity contribution is 0.0448. The molecule has 8 heteroatoms. The molecule has 26 heavy (non-hydrogen) atoms. The minimum Gasteiger partial charge on any atom is -0.464 e. The van der Waals surface area contributed by atoms with Crippen molar-refractivity contribution >= 4 is 22.7 Å². The van der Waals surface area contributed by atoms with E-state index in [9.17, 15) is 4.79 Å². The Bertz CT molecular complexity index is 733. The van der Waals surface area contributed by atoms with Crippen molar-refractivity contribution in [1.29, 1.82) is 0 Å². The number of nitrogens with one attached hydrogen (secondary N) is 4. The van der Waals surface area contributed by atoms with Gasteiger partial charge in [-0.25, -0.2) is 4.79 Å². The first-order chi connectivity index (χ1) is 12.6. The summed E-state index contributed by atoms with van der Waals surface area (Å²) in [6.45, 7) is 3.65. The zero-order chi connectivity index (χ0) is 18.5. The number of benzene rings is 1. The highest BCUT2D eigenvalue weighted by molar-refractivity contribution is 5.92. The average molecular weight is 360 g/mol. The minimum atomic E-state index is -0.258. The van der Waals surface area contributed by atoms with Crippen LogP contribution in [0.25, 0.3) is 11.0 Å². The van der Waals surface area contributed by atoms with E-state index in [1.165, 1.54) is 0 Å². The molecule has 2 heterocycles. The number of amides is 2. The summed E-state index contributed by atoms with van der Waals surface area (Å²) in [5.41, 5.74) is 7.08. The molecular formula is C18H28N6O2. The lowest BCUT2D eigenvalue weighted by Gasteiger charge is -2.43. The highest BCUT2D eigenvalue weighted by Gasteiger charge is 2.31. The van der Waals surface area contributed by atoms with Crippen LogP contribution in [0, 0.1) is 0 Å². The third-order valence-electron chi connectivity index (χ3n) is 4.66. The molecule has 1 aromatic carbocycles. The van der Waals surface area contributed by atoms with Crippen molar-refractivity contribution in [3.63, 3.8) is 0 Å². The smallest absolute Gasteiger partial charge is 0.321 e. The molecule has 1 fully saturated rings. The number of hydrogen-bond donors (Lipinski definition) is 5. The van der Waals surface area contributed by atoms with Crippen LogP contribution in [0.1, 0.15) is 19.8 Å². The van der Waals surface area contributed by atoms with Crippen molar-refractivity contribution < 1.29 is 9.21 Å². The van der Waals surface area contributed by atoms with Crippen LogP contribution in [0.15, 0.2) is 34.9 Å². The Morgan fingerprint density at radius 2 is 2.27 bits per heavy atom. The van der Waals surface area contributed by atoms with Gasteiger partial charge in [0, 0.05) is 17.1 Å². The van der Waals surface area contributed by atoms with Gasteiger partial charge in [-0.1, -0.05) is 0 Å². The lowest BCUT2D eigenvalue weighted by atomic mass is 10.1. The summed E-state index contributed by atoms with van der Waals surface area (Å²) in [7, 11) is 1.99. The van der Waals surface area contributed by atoms with E-state index in [-0.39, 0.29) is 24.5 Å². The number of fused-ring (bicyclic) bond motifs is 1. The van der Waals surface area contributed by atoms with Crippen molar-refractivity contribution in [3.8, 4) is 0 Å². The Morgan fingerprint density at radius 1 is 1.42 bits per heavy atom. The van der Waals surface area contributed by atoms with Crippen LogP contribution in [-0.4, -0.2) is 49.6 Å². The van der Waals surface area contributed by atoms with Crippen LogP contribution in [0.4, 0.5) is 10.5 Å². The van der Waals surface area contributed by atoms with E-state index in [0.29, 0.717) is 6.54 Å². The average Bonchev–Trinajstić information content (AvgIpc) is 3.06. The number of anilines is 1. The van der Waals surface area contributed by atoms with Gasteiger partial charge >= 0.3 is 6.03 Å². The largest absolute Gasteiger partial charge is 0.464 e. The third-order valence-corrected chi connectivity index (χ3v) is 4.66. The molecule has 0 aliphatic carbocycles. The zero-order valence-electron chi connectivity index (χ0n) is 15.3. The van der Waals surface area contributed by atoms with E-state index in [0.717, 1.165) is 36.0 Å². The molecule has 142 valence electrons. The molecule has 6 N–H and O–H groups in total. The molecule has 3 atom stereocenters. The zero-order valence-corrected chi connectivity index (χ0v) is 15.3. The highest BCUT2D eigenvalue weighted by Crippen LogP contribution is 2.20. The summed E-state index contributed by atoms with van der Waals surface area (Å²) in [5, 5.41) is 13.7. The molecule has 0 radical (unpaired) electrons. The van der Waals surface area contributed by atoms with Gasteiger partial charge < -0.3 is 26.1 Å². The van der Waals surface area contributed by atoms with Crippen molar-refractivity contribution in [2.75, 3.05) is 25.5 Å². The first-order valence-electron chi connectivity index (χ1n) is 9.03. The topological polar surface area (TPSA) is 108 Å². The number of nitrogens with two attached hydrogens (primary N) is 1. The van der Waals surface area contributed by atoms with Gasteiger partial charge in [-0.2, -0.15) is 0 Å². The first-order valence-corrected chi connectivity index (χ1v) is 9.03. The Kier molecular flexibility index (Phi) is 6.10. The molecule has 3 rings (SSSR count). The fourth-order valence-electron chi connectivity index (χ4n) is 3.21. The number of furan rings is 1. The fraction of sp³-hybridized carbons (Fsp3) is 0.500. The summed E-state index contributed by atoms with van der Waals surface area (Å²) in [6, 6.07) is 7.45. The van der Waals surface area contributed by atoms with Crippen molar-refractivity contribution in [1.82, 2.24) is 20.9 Å². The van der Waals surface area contributed by atoms with Gasteiger partial charge in [0.1, 0.15) is 11.9 Å². The molecule has 1 aliphatic heterocycles. The van der Waals surface area contributed by atoms with Crippen LogP contribution >= 0.6 is 0 Å². The van der Waals surface area contributed by atoms with Crippen molar-refractivity contribution in [2.24, 2.45) is 5.73 Å². The van der Waals surface area contributed by atoms with Crippen LogP contribution in [0.2, 0.25) is 0 Å². The van der Waals surface area contributed by atoms with E-state index < -0.39 is 0 Å². The molecule has 0 bridgehead atoms. The number of urea groups is 1. The van der Waals surface area contributed by atoms with Gasteiger partial charge in [0.15, 0.2) is 0 Å². The van der Waals surface area contributed by atoms with Crippen molar-refractivity contribution in [3.05, 3.63) is 30.5 Å². The van der Waals surface area contributed by atoms with Gasteiger partial charge in [0.2, 0.25) is 0 Å². The molecule has 1 saturated heterocycles. The number of rotatable bonds is 6. The molecule has 1 aromatic heterocycles. The monoisotopic (exact) mass is 360 g/mol. The van der Waals surface area contributed by atoms with Crippen LogP contribution < -0.4 is 27.0 Å². The number of nitrogens with zero attached hydrogens (tertiary/aromatic N) is 1. The van der Waals surface area contributed by atoms with Gasteiger partial charge in [-0.3, -0.25) is 10.2 Å². The predicted octanol–water partition coefficient (Wildman–Crippen LogP) is 1.42. The molecule has 3 unspecified atom stereocenters. The minimum absolute atomic E-state index is 0.186. The van der Waals surface area contributed by atoms with E-state index in [2.05, 4.69) is 33.1 Å². The Labute approximate surface area is 153 Å². The summed E-state index contributed by atoms with van der Waals surface area (Å²) in [5.74, 6) is 0. The van der Waals surface area contributed by atoms with Crippen LogP contribution in [-0.2, 0) is 0 Å². The molecule has 0 saturated carbocycles. The summed E-state index contributed by atoms with van der Waals surface area (Å²) >= 11 is 0. The molecule has 0 spiro atoms. The van der Waals surface area contributed by atoms with E-state index in [1.807, 2.05) is 31.3 Å². The molecular weight excluding hydrogens is 332 g/mol. The van der Waals surface area contributed by atoms with Crippen LogP contribution in [0.3, 0.4) is 0 Å². The lowest BCUT2D eigenvalue weighted by Crippen LogP contribution is -2.68. The SMILES string of the molecule is CC1CC(NCCCN)N(C)C(NC(=O)Nc2ccc3occc3c2)N1. The second-order valence-electron chi connectivity index (χ2n) is 6.76. The predicted molar refractivity (Wildman–Crippen MR) is 103 cm³/mol. The summed E-state index contributed by atoms with van der Waals surface area (Å²) in [6.07, 6.45) is 3.45. The van der Waals surface area contributed by atoms with E-state index >= 15 is 0 Å². The maximum absolute atomic E-state index is 12.4. The Hall–Kier alpha value is -2.13. The van der Waals surface area contributed by atoms with Gasteiger partial charge in [0.05, 0.1) is 12.4 Å². The van der Waals surface area contributed by atoms with Crippen molar-refractivity contribution in [2.45, 2.75) is 38.3 Å². The van der Waals surface area contributed by atoms with Gasteiger partial charge in [-0.05, 0) is 64.2 Å². The number of carbonyl (C=O) groups excluding carboxylic acids is 1. The second-order valence-corrected chi connectivity index (χ2v) is 6.76. The maximum Gasteiger partial charge on any atom is 0.321 e. The van der Waals surface area contributed by atoms with E-state index in [1.54, 1.807) is 6.26 Å². The second kappa shape index (κ2) is 8.50. The highest BCUT2D eigenvalue weighted by atomic mass is 16.3. The summed E-state index contributed by atoms with van der Waals surface area (Å²) in [4.78, 5) is 14.5. The van der Waals surface area contributed by atoms with Crippen LogP contribution in [0.5, 0.6) is 0 Å². The Morgan fingerprint density at radius 3 is 3.08 bits per heavy atom. The molecule has 1 aliphatic rings. The first kappa shape index (κ1) is 18.7. The molecule has 2 amide bonds. The number of carbonyl (C=O) groups is 1. The van der Waals surface area contributed by atoms with E-state index in [4.69, 9.17) is 10.2 Å².